The van der Waals surface area contributed by atoms with Gasteiger partial charge < -0.3 is 5.32 Å². The normalized spacial score (nSPS) is 11.7. The fourth-order valence-electron chi connectivity index (χ4n) is 3.65. The van der Waals surface area contributed by atoms with E-state index in [4.69, 9.17) is 6.42 Å². The Kier molecular flexibility index (Phi) is 5.52. The number of hydrogen-bond acceptors (Lipinski definition) is 4. The van der Waals surface area contributed by atoms with Crippen LogP contribution in [0, 0.1) is 25.1 Å². The Morgan fingerprint density at radius 2 is 1.88 bits per heavy atom. The van der Waals surface area contributed by atoms with Gasteiger partial charge in [0.2, 0.25) is 0 Å². The number of benzene rings is 2. The van der Waals surface area contributed by atoms with Gasteiger partial charge in [0.1, 0.15) is 11.5 Å². The zero-order valence-electron chi connectivity index (χ0n) is 17.5. The smallest absolute Gasteiger partial charge is 0.272 e. The molecule has 0 saturated carbocycles. The molecule has 7 heteroatoms. The van der Waals surface area contributed by atoms with Crippen molar-refractivity contribution in [2.75, 3.05) is 0 Å². The van der Waals surface area contributed by atoms with Gasteiger partial charge in [0.25, 0.3) is 11.5 Å². The minimum Gasteiger partial charge on any atom is -0.343 e. The summed E-state index contributed by atoms with van der Waals surface area (Å²) in [5, 5.41) is 3.91. The zero-order valence-corrected chi connectivity index (χ0v) is 17.5. The van der Waals surface area contributed by atoms with Gasteiger partial charge in [0.15, 0.2) is 0 Å². The Labute approximate surface area is 183 Å². The van der Waals surface area contributed by atoms with E-state index in [2.05, 4.69) is 21.2 Å². The second-order valence-corrected chi connectivity index (χ2v) is 7.29. The van der Waals surface area contributed by atoms with Crippen molar-refractivity contribution in [1.82, 2.24) is 19.9 Å². The fourth-order valence-corrected chi connectivity index (χ4v) is 3.65. The molecule has 1 amide bonds. The SMILES string of the molecule is C#Cc1cccc2cc([C@@H](C)NC(=O)c3nccnc3C)n(-c3ccc(F)cc3)c(=O)c12. The number of amides is 1. The largest absolute Gasteiger partial charge is 0.343 e. The summed E-state index contributed by atoms with van der Waals surface area (Å²) in [6, 6.07) is 12.0. The van der Waals surface area contributed by atoms with E-state index in [-0.39, 0.29) is 11.3 Å². The third-order valence-corrected chi connectivity index (χ3v) is 5.20. The van der Waals surface area contributed by atoms with Crippen LogP contribution in [-0.4, -0.2) is 20.4 Å². The van der Waals surface area contributed by atoms with Crippen molar-refractivity contribution < 1.29 is 9.18 Å². The summed E-state index contributed by atoms with van der Waals surface area (Å²) in [5.74, 6) is 1.71. The van der Waals surface area contributed by atoms with Gasteiger partial charge in [-0.3, -0.25) is 19.1 Å². The second kappa shape index (κ2) is 8.44. The van der Waals surface area contributed by atoms with Gasteiger partial charge >= 0.3 is 0 Å². The maximum absolute atomic E-state index is 13.6. The van der Waals surface area contributed by atoms with Crippen LogP contribution in [0.5, 0.6) is 0 Å². The number of rotatable bonds is 4. The van der Waals surface area contributed by atoms with Gasteiger partial charge in [0.05, 0.1) is 17.1 Å². The number of pyridine rings is 1. The summed E-state index contributed by atoms with van der Waals surface area (Å²) >= 11 is 0. The molecule has 0 saturated heterocycles. The van der Waals surface area contributed by atoms with E-state index >= 15 is 0 Å². The number of terminal acetylenes is 1. The molecule has 0 aliphatic carbocycles. The predicted molar refractivity (Wildman–Crippen MR) is 120 cm³/mol. The van der Waals surface area contributed by atoms with Gasteiger partial charge in [0, 0.05) is 29.3 Å². The molecule has 0 bridgehead atoms. The molecule has 6 nitrogen and oxygen atoms in total. The summed E-state index contributed by atoms with van der Waals surface area (Å²) < 4.78 is 15.0. The number of fused-ring (bicyclic) bond motifs is 1. The molecular weight excluding hydrogens is 407 g/mol. The van der Waals surface area contributed by atoms with E-state index in [1.54, 1.807) is 38.1 Å². The monoisotopic (exact) mass is 426 g/mol. The number of aryl methyl sites for hydroxylation is 1. The number of carbonyl (C=O) groups excluding carboxylic acids is 1. The van der Waals surface area contributed by atoms with Crippen LogP contribution in [0.2, 0.25) is 0 Å². The standard InChI is InChI=1S/C25H19FN4O2/c1-4-17-6-5-7-18-14-21(15(2)29-24(31)23-16(3)27-12-13-28-23)30(25(32)22(17)18)20-10-8-19(26)9-11-20/h1,5-15H,2-3H3,(H,29,31)/t15-/m1/s1. The summed E-state index contributed by atoms with van der Waals surface area (Å²) in [5.41, 5.74) is 1.77. The van der Waals surface area contributed by atoms with Crippen LogP contribution in [0.3, 0.4) is 0 Å². The number of carbonyl (C=O) groups is 1. The Balaban J connectivity index is 1.89. The topological polar surface area (TPSA) is 76.9 Å². The molecule has 0 radical (unpaired) electrons. The van der Waals surface area contributed by atoms with Crippen molar-refractivity contribution >= 4 is 16.7 Å². The summed E-state index contributed by atoms with van der Waals surface area (Å²) in [6.45, 7) is 3.45. The van der Waals surface area contributed by atoms with E-state index in [0.717, 1.165) is 0 Å². The summed E-state index contributed by atoms with van der Waals surface area (Å²) in [7, 11) is 0. The molecule has 2 aromatic heterocycles. The Morgan fingerprint density at radius 3 is 2.56 bits per heavy atom. The van der Waals surface area contributed by atoms with E-state index in [1.165, 1.54) is 41.2 Å². The second-order valence-electron chi connectivity index (χ2n) is 7.29. The molecule has 0 fully saturated rings. The highest BCUT2D eigenvalue weighted by molar-refractivity contribution is 5.93. The molecule has 4 aromatic rings. The van der Waals surface area contributed by atoms with Crippen molar-refractivity contribution in [3.8, 4) is 18.0 Å². The van der Waals surface area contributed by atoms with E-state index in [9.17, 15) is 14.0 Å². The first kappa shape index (κ1) is 20.9. The van der Waals surface area contributed by atoms with Crippen LogP contribution in [0.25, 0.3) is 16.5 Å². The van der Waals surface area contributed by atoms with E-state index in [0.29, 0.717) is 33.4 Å². The summed E-state index contributed by atoms with van der Waals surface area (Å²) in [4.78, 5) is 34.6. The molecule has 4 rings (SSSR count). The molecule has 0 spiro atoms. The summed E-state index contributed by atoms with van der Waals surface area (Å²) in [6.07, 6.45) is 8.57. The molecule has 158 valence electrons. The Bertz CT molecular complexity index is 1440. The highest BCUT2D eigenvalue weighted by Gasteiger charge is 2.21. The van der Waals surface area contributed by atoms with Crippen LogP contribution >= 0.6 is 0 Å². The van der Waals surface area contributed by atoms with Crippen molar-refractivity contribution in [2.24, 2.45) is 0 Å². The van der Waals surface area contributed by atoms with Gasteiger partial charge in [-0.15, -0.1) is 6.42 Å². The van der Waals surface area contributed by atoms with Crippen molar-refractivity contribution in [1.29, 1.82) is 0 Å². The number of halogens is 1. The van der Waals surface area contributed by atoms with Crippen LogP contribution in [0.1, 0.15) is 40.4 Å². The lowest BCUT2D eigenvalue weighted by atomic mass is 10.0. The van der Waals surface area contributed by atoms with Crippen LogP contribution in [0.4, 0.5) is 4.39 Å². The molecule has 1 N–H and O–H groups in total. The first-order valence-electron chi connectivity index (χ1n) is 9.90. The van der Waals surface area contributed by atoms with Gasteiger partial charge in [-0.1, -0.05) is 18.1 Å². The molecule has 32 heavy (non-hydrogen) atoms. The van der Waals surface area contributed by atoms with Crippen molar-refractivity contribution in [2.45, 2.75) is 19.9 Å². The lowest BCUT2D eigenvalue weighted by molar-refractivity contribution is 0.0932. The van der Waals surface area contributed by atoms with Crippen LogP contribution in [0.15, 0.2) is 65.7 Å². The van der Waals surface area contributed by atoms with Crippen LogP contribution < -0.4 is 10.9 Å². The quantitative estimate of drug-likeness (QED) is 0.505. The lowest BCUT2D eigenvalue weighted by Crippen LogP contribution is -2.33. The van der Waals surface area contributed by atoms with Gasteiger partial charge in [-0.05, 0) is 55.6 Å². The first-order chi connectivity index (χ1) is 15.4. The third-order valence-electron chi connectivity index (χ3n) is 5.20. The maximum Gasteiger partial charge on any atom is 0.272 e. The van der Waals surface area contributed by atoms with Gasteiger partial charge in [-0.25, -0.2) is 9.37 Å². The molecule has 0 unspecified atom stereocenters. The first-order valence-corrected chi connectivity index (χ1v) is 9.90. The molecular formula is C25H19FN4O2. The fraction of sp³-hybridized carbons (Fsp3) is 0.120. The molecule has 2 heterocycles. The van der Waals surface area contributed by atoms with E-state index < -0.39 is 17.8 Å². The average Bonchev–Trinajstić information content (AvgIpc) is 2.79. The molecule has 2 aromatic carbocycles. The zero-order chi connectivity index (χ0) is 22.8. The molecule has 1 atom stereocenters. The number of nitrogens with one attached hydrogen (secondary N) is 1. The van der Waals surface area contributed by atoms with Gasteiger partial charge in [-0.2, -0.15) is 0 Å². The number of nitrogens with zero attached hydrogens (tertiary/aromatic N) is 3. The van der Waals surface area contributed by atoms with Crippen molar-refractivity contribution in [3.05, 3.63) is 99.7 Å². The maximum atomic E-state index is 13.6. The molecule has 0 aliphatic heterocycles. The number of aromatic nitrogens is 3. The minimum atomic E-state index is -0.583. The number of hydrogen-bond donors (Lipinski definition) is 1. The predicted octanol–water partition coefficient (Wildman–Crippen LogP) is 3.70. The molecule has 0 aliphatic rings. The Morgan fingerprint density at radius 1 is 1.16 bits per heavy atom. The highest BCUT2D eigenvalue weighted by atomic mass is 19.1. The Hall–Kier alpha value is -4.31. The minimum absolute atomic E-state index is 0.199. The highest BCUT2D eigenvalue weighted by Crippen LogP contribution is 2.23. The lowest BCUT2D eigenvalue weighted by Gasteiger charge is -2.21. The van der Waals surface area contributed by atoms with E-state index in [1.807, 2.05) is 0 Å². The average molecular weight is 426 g/mol. The van der Waals surface area contributed by atoms with Crippen molar-refractivity contribution in [3.63, 3.8) is 0 Å². The third kappa shape index (κ3) is 3.74. The van der Waals surface area contributed by atoms with Crippen LogP contribution in [-0.2, 0) is 0 Å².